The molecule has 0 spiro atoms. The van der Waals surface area contributed by atoms with Crippen LogP contribution in [0.1, 0.15) is 17.0 Å². The summed E-state index contributed by atoms with van der Waals surface area (Å²) in [6.07, 6.45) is 0. The summed E-state index contributed by atoms with van der Waals surface area (Å²) in [5.74, 6) is 1.90. The number of nitrogens with one attached hydrogen (secondary N) is 2. The second-order valence-electron chi connectivity index (χ2n) is 8.08. The molecule has 2 aromatic carbocycles. The van der Waals surface area contributed by atoms with Crippen LogP contribution >= 0.6 is 12.2 Å². The highest BCUT2D eigenvalue weighted by atomic mass is 32.1. The maximum absolute atomic E-state index is 5.75. The van der Waals surface area contributed by atoms with E-state index in [0.717, 1.165) is 49.2 Å². The molecule has 158 valence electrons. The van der Waals surface area contributed by atoms with Crippen molar-refractivity contribution in [2.75, 3.05) is 33.3 Å². The molecular formula is C23H31N5OS+2. The van der Waals surface area contributed by atoms with Gasteiger partial charge in [-0.3, -0.25) is 4.57 Å². The molecule has 1 aliphatic rings. The smallest absolute Gasteiger partial charge is 0.203 e. The Kier molecular flexibility index (Phi) is 6.62. The molecular weight excluding hydrogens is 394 g/mol. The molecule has 3 aromatic rings. The third kappa shape index (κ3) is 4.98. The number of nitrogens with zero attached hydrogens (tertiary/aromatic N) is 3. The van der Waals surface area contributed by atoms with Gasteiger partial charge in [-0.2, -0.15) is 9.78 Å². The molecule has 1 saturated heterocycles. The first-order valence-corrected chi connectivity index (χ1v) is 11.0. The van der Waals surface area contributed by atoms with Gasteiger partial charge in [0.05, 0.1) is 13.7 Å². The van der Waals surface area contributed by atoms with Crippen LogP contribution in [-0.4, -0.2) is 47.6 Å². The van der Waals surface area contributed by atoms with E-state index in [1.165, 1.54) is 24.2 Å². The van der Waals surface area contributed by atoms with Gasteiger partial charge >= 0.3 is 0 Å². The number of methoxy groups -OCH3 is 1. The fourth-order valence-corrected chi connectivity index (χ4v) is 4.44. The van der Waals surface area contributed by atoms with E-state index in [2.05, 4.69) is 41.0 Å². The fraction of sp³-hybridized carbons (Fsp3) is 0.391. The molecule has 0 radical (unpaired) electrons. The van der Waals surface area contributed by atoms with Gasteiger partial charge in [-0.15, -0.1) is 0 Å². The maximum Gasteiger partial charge on any atom is 0.203 e. The molecule has 6 nitrogen and oxygen atoms in total. The van der Waals surface area contributed by atoms with Gasteiger partial charge in [0.2, 0.25) is 4.77 Å². The molecule has 1 aromatic heterocycles. The number of aromatic nitrogens is 3. The van der Waals surface area contributed by atoms with E-state index in [4.69, 9.17) is 22.1 Å². The van der Waals surface area contributed by atoms with Crippen molar-refractivity contribution in [1.82, 2.24) is 14.3 Å². The highest BCUT2D eigenvalue weighted by molar-refractivity contribution is 7.71. The number of rotatable bonds is 7. The van der Waals surface area contributed by atoms with Crippen LogP contribution in [-0.2, 0) is 19.8 Å². The van der Waals surface area contributed by atoms with Crippen LogP contribution in [0.5, 0.6) is 5.75 Å². The van der Waals surface area contributed by atoms with Gasteiger partial charge in [0, 0.05) is 5.56 Å². The first kappa shape index (κ1) is 20.8. The summed E-state index contributed by atoms with van der Waals surface area (Å²) in [5.41, 5.74) is 2.62. The SMILES string of the molecule is COc1ccc(C[NH+]2CC[NH+](Cn3nc(C)n(Cc4ccccc4)c3=S)CC2)cc1. The normalized spacial score (nSPS) is 19.0. The summed E-state index contributed by atoms with van der Waals surface area (Å²) < 4.78 is 10.2. The lowest BCUT2D eigenvalue weighted by Gasteiger charge is -2.29. The van der Waals surface area contributed by atoms with E-state index in [9.17, 15) is 0 Å². The number of piperazine rings is 1. The Morgan fingerprint density at radius 2 is 1.60 bits per heavy atom. The van der Waals surface area contributed by atoms with Crippen molar-refractivity contribution in [2.45, 2.75) is 26.7 Å². The van der Waals surface area contributed by atoms with Crippen molar-refractivity contribution in [1.29, 1.82) is 0 Å². The Hall–Kier alpha value is -2.48. The van der Waals surface area contributed by atoms with Gasteiger partial charge in [-0.25, -0.2) is 0 Å². The van der Waals surface area contributed by atoms with Crippen molar-refractivity contribution < 1.29 is 14.5 Å². The lowest BCUT2D eigenvalue weighted by Crippen LogP contribution is -3.27. The molecule has 2 N–H and O–H groups in total. The topological polar surface area (TPSA) is 40.9 Å². The Balaban J connectivity index is 1.32. The number of benzene rings is 2. The minimum atomic E-state index is 0.778. The molecule has 0 amide bonds. The van der Waals surface area contributed by atoms with E-state index in [-0.39, 0.29) is 0 Å². The molecule has 7 heteroatoms. The predicted molar refractivity (Wildman–Crippen MR) is 119 cm³/mol. The van der Waals surface area contributed by atoms with E-state index in [1.807, 2.05) is 29.8 Å². The van der Waals surface area contributed by atoms with Gasteiger partial charge < -0.3 is 14.5 Å². The van der Waals surface area contributed by atoms with E-state index in [0.29, 0.717) is 0 Å². The minimum absolute atomic E-state index is 0.778. The van der Waals surface area contributed by atoms with Crippen molar-refractivity contribution >= 4 is 12.2 Å². The lowest BCUT2D eigenvalue weighted by molar-refractivity contribution is -1.03. The monoisotopic (exact) mass is 425 g/mol. The van der Waals surface area contributed by atoms with Gasteiger partial charge in [-0.1, -0.05) is 30.3 Å². The first-order valence-electron chi connectivity index (χ1n) is 10.6. The first-order chi connectivity index (χ1) is 14.6. The van der Waals surface area contributed by atoms with Crippen LogP contribution in [0.15, 0.2) is 54.6 Å². The summed E-state index contributed by atoms with van der Waals surface area (Å²) in [4.78, 5) is 3.19. The molecule has 1 aliphatic heterocycles. The number of quaternary nitrogens is 2. The molecule has 1 fully saturated rings. The fourth-order valence-electron chi connectivity index (χ4n) is 4.14. The molecule has 2 heterocycles. The van der Waals surface area contributed by atoms with Gasteiger partial charge in [0.15, 0.2) is 6.67 Å². The maximum atomic E-state index is 5.75. The van der Waals surface area contributed by atoms with Crippen LogP contribution < -0.4 is 14.5 Å². The van der Waals surface area contributed by atoms with E-state index < -0.39 is 0 Å². The van der Waals surface area contributed by atoms with Crippen LogP contribution in [0.2, 0.25) is 0 Å². The zero-order valence-electron chi connectivity index (χ0n) is 17.8. The van der Waals surface area contributed by atoms with Crippen LogP contribution in [0.3, 0.4) is 0 Å². The number of ether oxygens (including phenoxy) is 1. The third-order valence-electron chi connectivity index (χ3n) is 5.94. The summed E-state index contributed by atoms with van der Waals surface area (Å²) in [6.45, 7) is 9.34. The minimum Gasteiger partial charge on any atom is -0.497 e. The van der Waals surface area contributed by atoms with E-state index >= 15 is 0 Å². The highest BCUT2D eigenvalue weighted by Crippen LogP contribution is 2.10. The Bertz CT molecular complexity index is 1000. The largest absolute Gasteiger partial charge is 0.497 e. The molecule has 0 atom stereocenters. The van der Waals surface area contributed by atoms with Crippen molar-refractivity contribution in [3.63, 3.8) is 0 Å². The average molecular weight is 426 g/mol. The molecule has 0 aliphatic carbocycles. The molecule has 0 saturated carbocycles. The Morgan fingerprint density at radius 1 is 0.933 bits per heavy atom. The average Bonchev–Trinajstić information content (AvgIpc) is 3.04. The van der Waals surface area contributed by atoms with Gasteiger partial charge in [0.25, 0.3) is 0 Å². The standard InChI is InChI=1S/C23H29N5OS/c1-19-24-28(23(30)27(19)17-20-6-4-3-5-7-20)18-26-14-12-25(13-15-26)16-21-8-10-22(29-2)11-9-21/h3-11H,12-18H2,1-2H3/p+2. The zero-order chi connectivity index (χ0) is 20.9. The third-order valence-corrected chi connectivity index (χ3v) is 6.37. The second-order valence-corrected chi connectivity index (χ2v) is 8.45. The number of hydrogen-bond acceptors (Lipinski definition) is 3. The molecule has 4 rings (SSSR count). The van der Waals surface area contributed by atoms with Gasteiger partial charge in [-0.05, 0) is 49.0 Å². The van der Waals surface area contributed by atoms with E-state index in [1.54, 1.807) is 16.9 Å². The van der Waals surface area contributed by atoms with Crippen LogP contribution in [0.25, 0.3) is 0 Å². The van der Waals surface area contributed by atoms with Crippen LogP contribution in [0, 0.1) is 11.7 Å². The van der Waals surface area contributed by atoms with Crippen LogP contribution in [0.4, 0.5) is 0 Å². The summed E-state index contributed by atoms with van der Waals surface area (Å²) in [5, 5.41) is 4.74. The van der Waals surface area contributed by atoms with Crippen molar-refractivity contribution in [3.8, 4) is 5.75 Å². The van der Waals surface area contributed by atoms with Gasteiger partial charge in [0.1, 0.15) is 44.3 Å². The molecule has 0 unspecified atom stereocenters. The number of hydrogen-bond donors (Lipinski definition) is 2. The summed E-state index contributed by atoms with van der Waals surface area (Å²) >= 11 is 5.75. The quantitative estimate of drug-likeness (QED) is 0.548. The number of aryl methyl sites for hydroxylation is 1. The summed E-state index contributed by atoms with van der Waals surface area (Å²) in [7, 11) is 1.71. The highest BCUT2D eigenvalue weighted by Gasteiger charge is 2.24. The Morgan fingerprint density at radius 3 is 2.27 bits per heavy atom. The van der Waals surface area contributed by atoms with Crippen molar-refractivity contribution in [2.24, 2.45) is 0 Å². The summed E-state index contributed by atoms with van der Waals surface area (Å²) in [6, 6.07) is 18.9. The second kappa shape index (κ2) is 9.55. The van der Waals surface area contributed by atoms with Crippen molar-refractivity contribution in [3.05, 3.63) is 76.3 Å². The Labute approximate surface area is 183 Å². The molecule has 30 heavy (non-hydrogen) atoms. The predicted octanol–water partition coefficient (Wildman–Crippen LogP) is 0.721. The molecule has 0 bridgehead atoms. The lowest BCUT2D eigenvalue weighted by atomic mass is 10.2. The zero-order valence-corrected chi connectivity index (χ0v) is 18.6.